The Morgan fingerprint density at radius 2 is 1.90 bits per heavy atom. The van der Waals surface area contributed by atoms with Gasteiger partial charge in [0.25, 0.3) is 0 Å². The maximum Gasteiger partial charge on any atom is 0.417 e. The van der Waals surface area contributed by atoms with Gasteiger partial charge >= 0.3 is 6.18 Å². The summed E-state index contributed by atoms with van der Waals surface area (Å²) >= 11 is 0. The zero-order valence-electron chi connectivity index (χ0n) is 17.0. The number of benzene rings is 1. The molecule has 2 aliphatic rings. The third-order valence-electron chi connectivity index (χ3n) is 6.29. The fourth-order valence-corrected chi connectivity index (χ4v) is 4.63. The van der Waals surface area contributed by atoms with E-state index in [9.17, 15) is 13.2 Å². The lowest BCUT2D eigenvalue weighted by Crippen LogP contribution is -2.27. The predicted molar refractivity (Wildman–Crippen MR) is 104 cm³/mol. The number of ether oxygens (including phenoxy) is 1. The lowest BCUT2D eigenvalue weighted by molar-refractivity contribution is -0.137. The van der Waals surface area contributed by atoms with Crippen LogP contribution in [0, 0.1) is 11.8 Å². The fourth-order valence-electron chi connectivity index (χ4n) is 4.63. The van der Waals surface area contributed by atoms with Gasteiger partial charge in [-0.25, -0.2) is 0 Å². The summed E-state index contributed by atoms with van der Waals surface area (Å²) in [6.07, 6.45) is 2.03. The molecule has 3 atom stereocenters. The third-order valence-corrected chi connectivity index (χ3v) is 6.29. The molecule has 29 heavy (non-hydrogen) atoms. The molecule has 2 aliphatic carbocycles. The zero-order valence-corrected chi connectivity index (χ0v) is 17.0. The van der Waals surface area contributed by atoms with Crippen molar-refractivity contribution in [3.8, 4) is 11.3 Å². The molecular weight excluding hydrogens is 379 g/mol. The molecule has 1 aromatic carbocycles. The molecule has 4 rings (SSSR count). The van der Waals surface area contributed by atoms with Crippen LogP contribution in [0.4, 0.5) is 13.2 Å². The number of halogens is 3. The molecule has 2 aromatic rings. The van der Waals surface area contributed by atoms with E-state index in [0.29, 0.717) is 23.2 Å². The van der Waals surface area contributed by atoms with Crippen molar-refractivity contribution in [3.63, 3.8) is 0 Å². The summed E-state index contributed by atoms with van der Waals surface area (Å²) in [5.41, 5.74) is 0.345. The molecule has 0 aliphatic heterocycles. The van der Waals surface area contributed by atoms with E-state index in [4.69, 9.17) is 9.26 Å². The summed E-state index contributed by atoms with van der Waals surface area (Å²) in [4.78, 5) is 0. The number of hydrogen-bond acceptors (Lipinski definition) is 3. The summed E-state index contributed by atoms with van der Waals surface area (Å²) in [6, 6.07) is 5.57. The van der Waals surface area contributed by atoms with Gasteiger partial charge in [0.1, 0.15) is 11.5 Å². The van der Waals surface area contributed by atoms with Gasteiger partial charge in [-0.05, 0) is 50.0 Å². The van der Waals surface area contributed by atoms with Crippen LogP contribution in [0.2, 0.25) is 0 Å². The van der Waals surface area contributed by atoms with Crippen molar-refractivity contribution >= 4 is 0 Å². The van der Waals surface area contributed by atoms with E-state index in [1.807, 2.05) is 0 Å². The summed E-state index contributed by atoms with van der Waals surface area (Å²) < 4.78 is 52.5. The SMILES string of the molecule is CC[C@@H]1CC(C)C[C@@H](OCc2c(-c3ccccc3C(F)(F)F)noc2C2CC2)C1. The molecule has 0 bridgehead atoms. The molecule has 2 fully saturated rings. The molecular formula is C23H28F3NO2. The van der Waals surface area contributed by atoms with Gasteiger partial charge < -0.3 is 9.26 Å². The molecule has 0 radical (unpaired) electrons. The number of rotatable bonds is 6. The van der Waals surface area contributed by atoms with Crippen LogP contribution in [-0.2, 0) is 17.5 Å². The zero-order chi connectivity index (χ0) is 20.6. The summed E-state index contributed by atoms with van der Waals surface area (Å²) in [7, 11) is 0. The van der Waals surface area contributed by atoms with Crippen LogP contribution < -0.4 is 0 Å². The Morgan fingerprint density at radius 1 is 1.14 bits per heavy atom. The number of aromatic nitrogens is 1. The van der Waals surface area contributed by atoms with Crippen molar-refractivity contribution in [1.82, 2.24) is 5.16 Å². The number of alkyl halides is 3. The molecule has 0 saturated heterocycles. The monoisotopic (exact) mass is 407 g/mol. The molecule has 158 valence electrons. The standard InChI is InChI=1S/C23H28F3NO2/c1-3-15-10-14(2)11-17(12-15)28-13-19-21(27-29-22(19)16-8-9-16)18-6-4-5-7-20(18)23(24,25)26/h4-7,14-17H,3,8-13H2,1-2H3/t14?,15-,17-/m1/s1. The Bertz CT molecular complexity index is 841. The largest absolute Gasteiger partial charge is 0.417 e. The van der Waals surface area contributed by atoms with Crippen molar-refractivity contribution in [3.05, 3.63) is 41.2 Å². The van der Waals surface area contributed by atoms with E-state index >= 15 is 0 Å². The minimum absolute atomic E-state index is 0.0673. The highest BCUT2D eigenvalue weighted by Gasteiger charge is 2.38. The first-order valence-corrected chi connectivity index (χ1v) is 10.6. The molecule has 3 nitrogen and oxygen atoms in total. The van der Waals surface area contributed by atoms with Crippen LogP contribution >= 0.6 is 0 Å². The van der Waals surface area contributed by atoms with Crippen LogP contribution in [0.15, 0.2) is 28.8 Å². The van der Waals surface area contributed by atoms with Crippen LogP contribution in [-0.4, -0.2) is 11.3 Å². The van der Waals surface area contributed by atoms with E-state index in [1.54, 1.807) is 6.07 Å². The Balaban J connectivity index is 1.62. The first kappa shape index (κ1) is 20.5. The van der Waals surface area contributed by atoms with E-state index < -0.39 is 11.7 Å². The van der Waals surface area contributed by atoms with Gasteiger partial charge in [0, 0.05) is 17.0 Å². The Kier molecular flexibility index (Phi) is 5.74. The molecule has 6 heteroatoms. The van der Waals surface area contributed by atoms with Gasteiger partial charge in [0.2, 0.25) is 0 Å². The average molecular weight is 407 g/mol. The van der Waals surface area contributed by atoms with Crippen molar-refractivity contribution in [2.45, 2.75) is 77.2 Å². The summed E-state index contributed by atoms with van der Waals surface area (Å²) in [5.74, 6) is 2.21. The third kappa shape index (κ3) is 4.52. The first-order valence-electron chi connectivity index (χ1n) is 10.6. The van der Waals surface area contributed by atoms with Crippen LogP contribution in [0.3, 0.4) is 0 Å². The van der Waals surface area contributed by atoms with Gasteiger partial charge in [0.05, 0.1) is 18.3 Å². The summed E-state index contributed by atoms with van der Waals surface area (Å²) in [5, 5.41) is 4.08. The normalized spacial score (nSPS) is 25.3. The molecule has 0 N–H and O–H groups in total. The lowest BCUT2D eigenvalue weighted by atomic mass is 9.79. The molecule has 1 unspecified atom stereocenters. The highest BCUT2D eigenvalue weighted by atomic mass is 19.4. The second kappa shape index (κ2) is 8.13. The Morgan fingerprint density at radius 3 is 2.59 bits per heavy atom. The van der Waals surface area contributed by atoms with Crippen molar-refractivity contribution in [2.24, 2.45) is 11.8 Å². The van der Waals surface area contributed by atoms with Gasteiger partial charge in [0.15, 0.2) is 0 Å². The van der Waals surface area contributed by atoms with Crippen molar-refractivity contribution in [1.29, 1.82) is 0 Å². The molecule has 0 spiro atoms. The minimum atomic E-state index is -4.44. The van der Waals surface area contributed by atoms with Gasteiger partial charge in [-0.2, -0.15) is 13.2 Å². The van der Waals surface area contributed by atoms with Crippen LogP contribution in [0.25, 0.3) is 11.3 Å². The topological polar surface area (TPSA) is 35.3 Å². The van der Waals surface area contributed by atoms with E-state index in [0.717, 1.165) is 38.2 Å². The lowest BCUT2D eigenvalue weighted by Gasteiger charge is -2.32. The maximum atomic E-state index is 13.6. The van der Waals surface area contributed by atoms with Crippen LogP contribution in [0.5, 0.6) is 0 Å². The highest BCUT2D eigenvalue weighted by molar-refractivity contribution is 5.68. The van der Waals surface area contributed by atoms with Gasteiger partial charge in [-0.3, -0.25) is 0 Å². The van der Waals surface area contributed by atoms with Gasteiger partial charge in [-0.1, -0.05) is 43.6 Å². The molecule has 1 heterocycles. The number of hydrogen-bond donors (Lipinski definition) is 0. The fraction of sp³-hybridized carbons (Fsp3) is 0.609. The first-order chi connectivity index (χ1) is 13.9. The smallest absolute Gasteiger partial charge is 0.373 e. The Labute approximate surface area is 169 Å². The molecule has 0 amide bonds. The Hall–Kier alpha value is -1.82. The second-order valence-electron chi connectivity index (χ2n) is 8.71. The van der Waals surface area contributed by atoms with E-state index in [-0.39, 0.29) is 29.9 Å². The van der Waals surface area contributed by atoms with Gasteiger partial charge in [-0.15, -0.1) is 0 Å². The van der Waals surface area contributed by atoms with Crippen LogP contribution in [0.1, 0.15) is 75.2 Å². The molecule has 1 aromatic heterocycles. The van der Waals surface area contributed by atoms with E-state index in [2.05, 4.69) is 19.0 Å². The van der Waals surface area contributed by atoms with Crippen molar-refractivity contribution < 1.29 is 22.4 Å². The molecule has 2 saturated carbocycles. The predicted octanol–water partition coefficient (Wildman–Crippen LogP) is 6.97. The highest BCUT2D eigenvalue weighted by Crippen LogP contribution is 2.46. The maximum absolute atomic E-state index is 13.6. The summed E-state index contributed by atoms with van der Waals surface area (Å²) in [6.45, 7) is 4.71. The average Bonchev–Trinajstić information content (AvgIpc) is 3.44. The van der Waals surface area contributed by atoms with E-state index in [1.165, 1.54) is 18.6 Å². The minimum Gasteiger partial charge on any atom is -0.373 e. The second-order valence-corrected chi connectivity index (χ2v) is 8.71. The quantitative estimate of drug-likeness (QED) is 0.519. The van der Waals surface area contributed by atoms with Crippen molar-refractivity contribution in [2.75, 3.05) is 0 Å². The number of nitrogens with zero attached hydrogens (tertiary/aromatic N) is 1.